The highest BCUT2D eigenvalue weighted by molar-refractivity contribution is 5.70. The smallest absolute Gasteiger partial charge is 0.307 e. The molecule has 1 rings (SSSR count). The Bertz CT molecular complexity index is 221. The monoisotopic (exact) mass is 194 g/mol. The van der Waals surface area contributed by atoms with Gasteiger partial charge in [-0.15, -0.1) is 12.3 Å². The molecular formula is C12H18O2. The van der Waals surface area contributed by atoms with E-state index in [4.69, 9.17) is 11.5 Å². The average molecular weight is 194 g/mol. The van der Waals surface area contributed by atoms with Crippen LogP contribution in [0.25, 0.3) is 0 Å². The van der Waals surface area contributed by atoms with Gasteiger partial charge in [-0.3, -0.25) is 4.79 Å². The van der Waals surface area contributed by atoms with Crippen LogP contribution < -0.4 is 0 Å². The largest absolute Gasteiger partial charge is 0.481 e. The van der Waals surface area contributed by atoms with E-state index in [-0.39, 0.29) is 5.92 Å². The molecule has 1 aliphatic rings. The van der Waals surface area contributed by atoms with Crippen molar-refractivity contribution in [3.05, 3.63) is 0 Å². The van der Waals surface area contributed by atoms with Crippen LogP contribution in [-0.2, 0) is 4.79 Å². The van der Waals surface area contributed by atoms with Crippen molar-refractivity contribution in [1.29, 1.82) is 0 Å². The van der Waals surface area contributed by atoms with Crippen LogP contribution in [0.4, 0.5) is 0 Å². The van der Waals surface area contributed by atoms with E-state index in [0.717, 1.165) is 6.42 Å². The Morgan fingerprint density at radius 1 is 1.43 bits per heavy atom. The number of carboxylic acids is 1. The summed E-state index contributed by atoms with van der Waals surface area (Å²) in [6.45, 7) is 0. The van der Waals surface area contributed by atoms with E-state index in [1.165, 1.54) is 32.1 Å². The van der Waals surface area contributed by atoms with E-state index >= 15 is 0 Å². The number of terminal acetylenes is 1. The van der Waals surface area contributed by atoms with Gasteiger partial charge in [0.05, 0.1) is 5.92 Å². The van der Waals surface area contributed by atoms with Crippen molar-refractivity contribution in [2.75, 3.05) is 0 Å². The average Bonchev–Trinajstić information content (AvgIpc) is 2.18. The zero-order valence-corrected chi connectivity index (χ0v) is 8.54. The summed E-state index contributed by atoms with van der Waals surface area (Å²) in [5, 5.41) is 8.94. The van der Waals surface area contributed by atoms with Crippen LogP contribution in [0, 0.1) is 24.2 Å². The Morgan fingerprint density at radius 2 is 2.07 bits per heavy atom. The number of aliphatic carboxylic acids is 1. The minimum Gasteiger partial charge on any atom is -0.481 e. The molecule has 0 radical (unpaired) electrons. The van der Waals surface area contributed by atoms with Crippen molar-refractivity contribution >= 4 is 5.97 Å². The summed E-state index contributed by atoms with van der Waals surface area (Å²) in [4.78, 5) is 10.9. The Kier molecular flexibility index (Phi) is 4.52. The van der Waals surface area contributed by atoms with Gasteiger partial charge in [0.1, 0.15) is 0 Å². The lowest BCUT2D eigenvalue weighted by Gasteiger charge is -2.23. The summed E-state index contributed by atoms with van der Waals surface area (Å²) < 4.78 is 0. The van der Waals surface area contributed by atoms with Gasteiger partial charge in [-0.1, -0.05) is 32.1 Å². The molecule has 1 saturated carbocycles. The summed E-state index contributed by atoms with van der Waals surface area (Å²) in [5.74, 6) is 2.01. The number of carboxylic acid groups (broad SMARTS) is 1. The van der Waals surface area contributed by atoms with Crippen LogP contribution in [0.3, 0.4) is 0 Å². The van der Waals surface area contributed by atoms with Gasteiger partial charge in [-0.2, -0.15) is 0 Å². The summed E-state index contributed by atoms with van der Waals surface area (Å²) in [5.41, 5.74) is 0. The highest BCUT2D eigenvalue weighted by Gasteiger charge is 2.22. The molecule has 14 heavy (non-hydrogen) atoms. The first kappa shape index (κ1) is 11.1. The molecule has 0 aliphatic heterocycles. The molecule has 0 bridgehead atoms. The molecule has 0 amide bonds. The van der Waals surface area contributed by atoms with Crippen molar-refractivity contribution in [1.82, 2.24) is 0 Å². The molecule has 1 N–H and O–H groups in total. The van der Waals surface area contributed by atoms with Crippen LogP contribution in [0.15, 0.2) is 0 Å². The van der Waals surface area contributed by atoms with Gasteiger partial charge >= 0.3 is 5.97 Å². The summed E-state index contributed by atoms with van der Waals surface area (Å²) in [6, 6.07) is 0. The maximum Gasteiger partial charge on any atom is 0.307 e. The van der Waals surface area contributed by atoms with E-state index in [0.29, 0.717) is 12.3 Å². The summed E-state index contributed by atoms with van der Waals surface area (Å²) in [7, 11) is 0. The van der Waals surface area contributed by atoms with Crippen molar-refractivity contribution in [2.24, 2.45) is 11.8 Å². The topological polar surface area (TPSA) is 37.3 Å². The molecular weight excluding hydrogens is 176 g/mol. The van der Waals surface area contributed by atoms with E-state index in [1.54, 1.807) is 0 Å². The van der Waals surface area contributed by atoms with Crippen molar-refractivity contribution in [2.45, 2.75) is 44.9 Å². The molecule has 1 unspecified atom stereocenters. The molecule has 1 fully saturated rings. The molecule has 0 aromatic rings. The summed E-state index contributed by atoms with van der Waals surface area (Å²) in [6.07, 6.45) is 12.5. The highest BCUT2D eigenvalue weighted by atomic mass is 16.4. The zero-order chi connectivity index (χ0) is 10.4. The fraction of sp³-hybridized carbons (Fsp3) is 0.750. The van der Waals surface area contributed by atoms with Crippen LogP contribution in [0.1, 0.15) is 44.9 Å². The fourth-order valence-corrected chi connectivity index (χ4v) is 2.24. The minimum atomic E-state index is -0.728. The summed E-state index contributed by atoms with van der Waals surface area (Å²) >= 11 is 0. The first-order valence-electron chi connectivity index (χ1n) is 5.40. The number of hydrogen-bond donors (Lipinski definition) is 1. The number of hydrogen-bond acceptors (Lipinski definition) is 1. The van der Waals surface area contributed by atoms with Gasteiger partial charge < -0.3 is 5.11 Å². The van der Waals surface area contributed by atoms with Gasteiger partial charge in [0.25, 0.3) is 0 Å². The quantitative estimate of drug-likeness (QED) is 0.699. The Hall–Kier alpha value is -0.970. The minimum absolute atomic E-state index is 0.317. The van der Waals surface area contributed by atoms with Crippen LogP contribution in [0.5, 0.6) is 0 Å². The van der Waals surface area contributed by atoms with Crippen molar-refractivity contribution in [3.63, 3.8) is 0 Å². The van der Waals surface area contributed by atoms with Gasteiger partial charge in [0, 0.05) is 6.42 Å². The van der Waals surface area contributed by atoms with Crippen LogP contribution in [0.2, 0.25) is 0 Å². The Labute approximate surface area is 85.7 Å². The first-order valence-corrected chi connectivity index (χ1v) is 5.40. The van der Waals surface area contributed by atoms with E-state index in [1.807, 2.05) is 0 Å². The molecule has 1 aliphatic carbocycles. The lowest BCUT2D eigenvalue weighted by atomic mass is 9.82. The van der Waals surface area contributed by atoms with Crippen LogP contribution in [-0.4, -0.2) is 11.1 Å². The zero-order valence-electron chi connectivity index (χ0n) is 8.54. The van der Waals surface area contributed by atoms with Gasteiger partial charge in [0.2, 0.25) is 0 Å². The van der Waals surface area contributed by atoms with Gasteiger partial charge in [-0.05, 0) is 12.3 Å². The Morgan fingerprint density at radius 3 is 2.57 bits per heavy atom. The molecule has 0 aromatic heterocycles. The van der Waals surface area contributed by atoms with E-state index < -0.39 is 5.97 Å². The number of carbonyl (C=O) groups is 1. The molecule has 0 saturated heterocycles. The standard InChI is InChI=1S/C12H18O2/c1-2-6-11(12(13)14)9-10-7-4-3-5-8-10/h1,10-11H,3-9H2,(H,13,14). The molecule has 2 nitrogen and oxygen atoms in total. The molecule has 78 valence electrons. The van der Waals surface area contributed by atoms with Crippen molar-refractivity contribution < 1.29 is 9.90 Å². The molecule has 0 spiro atoms. The lowest BCUT2D eigenvalue weighted by molar-refractivity contribution is -0.142. The van der Waals surface area contributed by atoms with Crippen LogP contribution >= 0.6 is 0 Å². The lowest BCUT2D eigenvalue weighted by Crippen LogP contribution is -2.19. The molecule has 1 atom stereocenters. The fourth-order valence-electron chi connectivity index (χ4n) is 2.24. The molecule has 0 aromatic carbocycles. The highest BCUT2D eigenvalue weighted by Crippen LogP contribution is 2.29. The number of rotatable bonds is 4. The first-order chi connectivity index (χ1) is 6.74. The maximum atomic E-state index is 10.9. The third-order valence-corrected chi connectivity index (χ3v) is 3.06. The molecule has 0 heterocycles. The predicted octanol–water partition coefficient (Wildman–Crippen LogP) is 2.68. The van der Waals surface area contributed by atoms with Gasteiger partial charge in [0.15, 0.2) is 0 Å². The predicted molar refractivity (Wildman–Crippen MR) is 55.8 cm³/mol. The normalized spacial score (nSPS) is 19.9. The second kappa shape index (κ2) is 5.70. The maximum absolute atomic E-state index is 10.9. The second-order valence-electron chi connectivity index (χ2n) is 4.18. The van der Waals surface area contributed by atoms with Crippen molar-refractivity contribution in [3.8, 4) is 12.3 Å². The second-order valence-corrected chi connectivity index (χ2v) is 4.18. The van der Waals surface area contributed by atoms with E-state index in [2.05, 4.69) is 5.92 Å². The SMILES string of the molecule is C#CCC(CC1CCCCC1)C(=O)O. The van der Waals surface area contributed by atoms with E-state index in [9.17, 15) is 4.79 Å². The third kappa shape index (κ3) is 3.41. The Balaban J connectivity index is 2.38. The third-order valence-electron chi connectivity index (χ3n) is 3.06. The molecule has 2 heteroatoms. The van der Waals surface area contributed by atoms with Gasteiger partial charge in [-0.25, -0.2) is 0 Å².